The van der Waals surface area contributed by atoms with Crippen LogP contribution in [0.2, 0.25) is 0 Å². The standard InChI is InChI=1S/C14H29N3/c1-6-8-9-13-16(11-14(3,4)5)12-15-17(13)10-7-2/h12-13H,6-11H2,1-5H3. The van der Waals surface area contributed by atoms with Gasteiger partial charge in [0.15, 0.2) is 0 Å². The van der Waals surface area contributed by atoms with Crippen LogP contribution in [0.15, 0.2) is 5.10 Å². The molecule has 1 rings (SSSR count). The Labute approximate surface area is 107 Å². The van der Waals surface area contributed by atoms with Crippen molar-refractivity contribution in [1.29, 1.82) is 0 Å². The molecule has 0 aromatic carbocycles. The van der Waals surface area contributed by atoms with Gasteiger partial charge in [0.05, 0.1) is 0 Å². The van der Waals surface area contributed by atoms with Gasteiger partial charge in [0.1, 0.15) is 12.5 Å². The Kier molecular flexibility index (Phi) is 5.29. The summed E-state index contributed by atoms with van der Waals surface area (Å²) in [6, 6.07) is 0. The molecular weight excluding hydrogens is 210 g/mol. The number of rotatable bonds is 6. The zero-order valence-electron chi connectivity index (χ0n) is 12.2. The second kappa shape index (κ2) is 6.27. The minimum Gasteiger partial charge on any atom is -0.339 e. The summed E-state index contributed by atoms with van der Waals surface area (Å²) in [5, 5.41) is 6.82. The highest BCUT2D eigenvalue weighted by Crippen LogP contribution is 2.23. The van der Waals surface area contributed by atoms with E-state index >= 15 is 0 Å². The lowest BCUT2D eigenvalue weighted by Gasteiger charge is -2.34. The van der Waals surface area contributed by atoms with Crippen molar-refractivity contribution >= 4 is 6.34 Å². The van der Waals surface area contributed by atoms with E-state index in [2.05, 4.69) is 49.6 Å². The lowest BCUT2D eigenvalue weighted by molar-refractivity contribution is 0.0981. The average molecular weight is 239 g/mol. The molecule has 3 nitrogen and oxygen atoms in total. The summed E-state index contributed by atoms with van der Waals surface area (Å²) < 4.78 is 0. The van der Waals surface area contributed by atoms with Crippen LogP contribution in [0.3, 0.4) is 0 Å². The van der Waals surface area contributed by atoms with Crippen LogP contribution in [0.1, 0.15) is 60.3 Å². The van der Waals surface area contributed by atoms with Crippen LogP contribution in [-0.4, -0.2) is 35.5 Å². The maximum atomic E-state index is 4.56. The van der Waals surface area contributed by atoms with E-state index in [1.807, 2.05) is 6.34 Å². The normalized spacial score (nSPS) is 20.4. The molecule has 1 aliphatic heterocycles. The third-order valence-electron chi connectivity index (χ3n) is 3.00. The number of hydrogen-bond donors (Lipinski definition) is 0. The first-order valence-corrected chi connectivity index (χ1v) is 7.04. The summed E-state index contributed by atoms with van der Waals surface area (Å²) in [7, 11) is 0. The summed E-state index contributed by atoms with van der Waals surface area (Å²) >= 11 is 0. The van der Waals surface area contributed by atoms with Crippen molar-refractivity contribution in [1.82, 2.24) is 9.91 Å². The van der Waals surface area contributed by atoms with Crippen molar-refractivity contribution in [2.75, 3.05) is 13.1 Å². The van der Waals surface area contributed by atoms with Gasteiger partial charge >= 0.3 is 0 Å². The van der Waals surface area contributed by atoms with E-state index in [9.17, 15) is 0 Å². The topological polar surface area (TPSA) is 18.8 Å². The van der Waals surface area contributed by atoms with E-state index in [4.69, 9.17) is 0 Å². The molecule has 3 heteroatoms. The van der Waals surface area contributed by atoms with Gasteiger partial charge in [0, 0.05) is 13.1 Å². The first-order chi connectivity index (χ1) is 7.98. The predicted molar refractivity (Wildman–Crippen MR) is 75.0 cm³/mol. The Morgan fingerprint density at radius 1 is 1.18 bits per heavy atom. The van der Waals surface area contributed by atoms with E-state index in [0.29, 0.717) is 11.6 Å². The number of nitrogens with zero attached hydrogens (tertiary/aromatic N) is 3. The van der Waals surface area contributed by atoms with Gasteiger partial charge in [0.25, 0.3) is 0 Å². The Morgan fingerprint density at radius 3 is 2.41 bits per heavy atom. The molecule has 0 amide bonds. The maximum Gasteiger partial charge on any atom is 0.119 e. The van der Waals surface area contributed by atoms with Crippen LogP contribution >= 0.6 is 0 Å². The highest BCUT2D eigenvalue weighted by Gasteiger charge is 2.29. The van der Waals surface area contributed by atoms with Gasteiger partial charge in [-0.25, -0.2) is 0 Å². The highest BCUT2D eigenvalue weighted by molar-refractivity contribution is 5.57. The summed E-state index contributed by atoms with van der Waals surface area (Å²) in [6.07, 6.45) is 7.49. The van der Waals surface area contributed by atoms with Crippen LogP contribution in [0.25, 0.3) is 0 Å². The van der Waals surface area contributed by atoms with Gasteiger partial charge in [-0.3, -0.25) is 5.01 Å². The van der Waals surface area contributed by atoms with Gasteiger partial charge in [0.2, 0.25) is 0 Å². The second-order valence-electron chi connectivity index (χ2n) is 6.25. The molecule has 1 unspecified atom stereocenters. The zero-order valence-corrected chi connectivity index (χ0v) is 12.2. The minimum atomic E-state index is 0.332. The van der Waals surface area contributed by atoms with Gasteiger partial charge < -0.3 is 4.90 Å². The van der Waals surface area contributed by atoms with Crippen molar-refractivity contribution < 1.29 is 0 Å². The molecule has 0 aromatic heterocycles. The molecule has 0 aliphatic carbocycles. The largest absolute Gasteiger partial charge is 0.339 e. The van der Waals surface area contributed by atoms with Crippen molar-refractivity contribution in [3.05, 3.63) is 0 Å². The smallest absolute Gasteiger partial charge is 0.119 e. The third-order valence-corrected chi connectivity index (χ3v) is 3.00. The van der Waals surface area contributed by atoms with Crippen LogP contribution in [0.4, 0.5) is 0 Å². The Hall–Kier alpha value is -0.730. The van der Waals surface area contributed by atoms with E-state index < -0.39 is 0 Å². The summed E-state index contributed by atoms with van der Waals surface area (Å²) in [5.74, 6) is 0. The lowest BCUT2D eigenvalue weighted by Crippen LogP contribution is -2.43. The third kappa shape index (κ3) is 4.57. The molecule has 0 spiro atoms. The highest BCUT2D eigenvalue weighted by atomic mass is 15.6. The molecule has 0 fully saturated rings. The van der Waals surface area contributed by atoms with Gasteiger partial charge in [-0.2, -0.15) is 5.10 Å². The quantitative estimate of drug-likeness (QED) is 0.706. The van der Waals surface area contributed by atoms with E-state index in [1.54, 1.807) is 0 Å². The Morgan fingerprint density at radius 2 is 1.88 bits per heavy atom. The molecule has 0 radical (unpaired) electrons. The number of hydrogen-bond acceptors (Lipinski definition) is 3. The van der Waals surface area contributed by atoms with Crippen molar-refractivity contribution in [3.8, 4) is 0 Å². The fraction of sp³-hybridized carbons (Fsp3) is 0.929. The fourth-order valence-corrected chi connectivity index (χ4v) is 2.29. The molecule has 17 heavy (non-hydrogen) atoms. The van der Waals surface area contributed by atoms with E-state index in [-0.39, 0.29) is 0 Å². The lowest BCUT2D eigenvalue weighted by atomic mass is 9.96. The monoisotopic (exact) mass is 239 g/mol. The van der Waals surface area contributed by atoms with Crippen LogP contribution in [-0.2, 0) is 0 Å². The molecule has 0 aromatic rings. The summed E-state index contributed by atoms with van der Waals surface area (Å²) in [4.78, 5) is 2.42. The van der Waals surface area contributed by atoms with Gasteiger partial charge in [-0.05, 0) is 24.7 Å². The summed E-state index contributed by atoms with van der Waals surface area (Å²) in [6.45, 7) is 13.5. The van der Waals surface area contributed by atoms with Crippen molar-refractivity contribution in [2.24, 2.45) is 10.5 Å². The first kappa shape index (κ1) is 14.3. The number of unbranched alkanes of at least 4 members (excludes halogenated alkanes) is 1. The van der Waals surface area contributed by atoms with E-state index in [0.717, 1.165) is 13.1 Å². The van der Waals surface area contributed by atoms with Crippen LogP contribution in [0.5, 0.6) is 0 Å². The Balaban J connectivity index is 2.59. The van der Waals surface area contributed by atoms with Gasteiger partial charge in [-0.15, -0.1) is 0 Å². The molecule has 0 saturated heterocycles. The SMILES string of the molecule is CCCCC1N(CC(C)(C)C)C=NN1CCC. The van der Waals surface area contributed by atoms with Gasteiger partial charge in [-0.1, -0.05) is 41.0 Å². The Bertz CT molecular complexity index is 242. The van der Waals surface area contributed by atoms with Crippen molar-refractivity contribution in [2.45, 2.75) is 66.5 Å². The minimum absolute atomic E-state index is 0.332. The number of hydrazone groups is 1. The molecule has 1 atom stereocenters. The molecule has 0 bridgehead atoms. The zero-order chi connectivity index (χ0) is 12.9. The molecule has 100 valence electrons. The van der Waals surface area contributed by atoms with Crippen LogP contribution in [0, 0.1) is 5.41 Å². The maximum absolute atomic E-state index is 4.56. The van der Waals surface area contributed by atoms with Crippen LogP contribution < -0.4 is 0 Å². The fourth-order valence-electron chi connectivity index (χ4n) is 2.29. The predicted octanol–water partition coefficient (Wildman–Crippen LogP) is 3.52. The molecular formula is C14H29N3. The second-order valence-corrected chi connectivity index (χ2v) is 6.25. The molecule has 0 saturated carbocycles. The average Bonchev–Trinajstić information content (AvgIpc) is 2.56. The first-order valence-electron chi connectivity index (χ1n) is 7.04. The molecule has 1 aliphatic rings. The van der Waals surface area contributed by atoms with Crippen molar-refractivity contribution in [3.63, 3.8) is 0 Å². The summed E-state index contributed by atoms with van der Waals surface area (Å²) in [5.41, 5.74) is 0.332. The molecule has 0 N–H and O–H groups in total. The molecule has 1 heterocycles. The van der Waals surface area contributed by atoms with E-state index in [1.165, 1.54) is 25.7 Å².